The Morgan fingerprint density at radius 2 is 2.00 bits per heavy atom. The van der Waals surface area contributed by atoms with Crippen LogP contribution < -0.4 is 0 Å². The van der Waals surface area contributed by atoms with Crippen LogP contribution in [-0.4, -0.2) is 11.7 Å². The van der Waals surface area contributed by atoms with Gasteiger partial charge in [0.25, 0.3) is 0 Å². The number of azo groups is 2. The van der Waals surface area contributed by atoms with Gasteiger partial charge < -0.3 is 0 Å². The maximum Gasteiger partial charge on any atom is 0.202 e. The van der Waals surface area contributed by atoms with Crippen molar-refractivity contribution in [2.75, 3.05) is 7.05 Å². The molecule has 1 heterocycles. The molecule has 0 amide bonds. The van der Waals surface area contributed by atoms with E-state index in [4.69, 9.17) is 0 Å². The van der Waals surface area contributed by atoms with Crippen molar-refractivity contribution in [2.45, 2.75) is 39.7 Å². The Hall–Kier alpha value is -1.18. The number of fused-ring (bicyclic) bond motifs is 1. The molecule has 1 unspecified atom stereocenters. The highest BCUT2D eigenvalue weighted by Crippen LogP contribution is 2.37. The van der Waals surface area contributed by atoms with Gasteiger partial charge in [-0.05, 0) is 41.2 Å². The largest absolute Gasteiger partial charge is 0.202 e. The minimum atomic E-state index is 0.417. The first-order valence-corrected chi connectivity index (χ1v) is 5.59. The summed E-state index contributed by atoms with van der Waals surface area (Å²) in [6.07, 6.45) is 0. The smallest absolute Gasteiger partial charge is 0.118 e. The average molecular weight is 203 g/mol. The third-order valence-corrected chi connectivity index (χ3v) is 3.31. The summed E-state index contributed by atoms with van der Waals surface area (Å²) < 4.78 is 2.04. The highest BCUT2D eigenvalue weighted by Gasteiger charge is 2.28. The van der Waals surface area contributed by atoms with Crippen LogP contribution in [0.5, 0.6) is 0 Å². The molecule has 2 rings (SSSR count). The fourth-order valence-electron chi connectivity index (χ4n) is 2.24. The van der Waals surface area contributed by atoms with E-state index >= 15 is 0 Å². The molecule has 0 spiro atoms. The van der Waals surface area contributed by atoms with Crippen LogP contribution in [0.2, 0.25) is 0 Å². The first-order valence-electron chi connectivity index (χ1n) is 5.59. The van der Waals surface area contributed by atoms with Gasteiger partial charge in [0.15, 0.2) is 7.05 Å². The highest BCUT2D eigenvalue weighted by atomic mass is 15.3. The zero-order chi connectivity index (χ0) is 11.2. The normalized spacial score (nSPS) is 19.3. The second-order valence-corrected chi connectivity index (χ2v) is 4.77. The lowest BCUT2D eigenvalue weighted by Gasteiger charge is -2.10. The molecule has 1 aromatic rings. The van der Waals surface area contributed by atoms with Crippen LogP contribution in [0.4, 0.5) is 5.69 Å². The Balaban J connectivity index is 2.56. The van der Waals surface area contributed by atoms with E-state index in [1.807, 2.05) is 11.7 Å². The molecule has 1 aliphatic rings. The molecule has 1 aliphatic heterocycles. The van der Waals surface area contributed by atoms with Gasteiger partial charge in [-0.15, -0.1) is 4.70 Å². The predicted molar refractivity (Wildman–Crippen MR) is 62.0 cm³/mol. The number of benzene rings is 1. The summed E-state index contributed by atoms with van der Waals surface area (Å²) in [5.41, 5.74) is 5.32. The first kappa shape index (κ1) is 10.3. The van der Waals surface area contributed by atoms with Crippen molar-refractivity contribution in [3.05, 3.63) is 28.8 Å². The Morgan fingerprint density at radius 1 is 1.33 bits per heavy atom. The Morgan fingerprint density at radius 3 is 2.60 bits per heavy atom. The van der Waals surface area contributed by atoms with Crippen LogP contribution in [0.25, 0.3) is 0 Å². The Labute approximate surface area is 91.6 Å². The van der Waals surface area contributed by atoms with Gasteiger partial charge in [-0.3, -0.25) is 0 Å². The van der Waals surface area contributed by atoms with Gasteiger partial charge in [0, 0.05) is 6.92 Å². The molecule has 1 atom stereocenters. The molecule has 15 heavy (non-hydrogen) atoms. The van der Waals surface area contributed by atoms with Gasteiger partial charge in [-0.1, -0.05) is 13.8 Å². The number of aryl methyl sites for hydroxylation is 1. The summed E-state index contributed by atoms with van der Waals surface area (Å²) in [6, 6.07) is 4.96. The second-order valence-electron chi connectivity index (χ2n) is 4.77. The van der Waals surface area contributed by atoms with E-state index in [9.17, 15) is 0 Å². The van der Waals surface area contributed by atoms with E-state index in [-0.39, 0.29) is 0 Å². The molecule has 2 heteroatoms. The molecule has 0 bridgehead atoms. The quantitative estimate of drug-likeness (QED) is 0.615. The van der Waals surface area contributed by atoms with Gasteiger partial charge in [0.2, 0.25) is 6.04 Å². The van der Waals surface area contributed by atoms with E-state index in [1.54, 1.807) is 0 Å². The molecule has 0 saturated heterocycles. The molecule has 80 valence electrons. The lowest BCUT2D eigenvalue weighted by Crippen LogP contribution is -2.03. The van der Waals surface area contributed by atoms with Gasteiger partial charge >= 0.3 is 0 Å². The van der Waals surface area contributed by atoms with Crippen LogP contribution in [-0.2, 0) is 0 Å². The maximum absolute atomic E-state index is 4.55. The SMILES string of the molecule is Cc1cc2c(cc1C(C)C)N=[N+](C)C2C. The molecule has 0 fully saturated rings. The number of rotatable bonds is 1. The van der Waals surface area contributed by atoms with Crippen molar-refractivity contribution >= 4 is 5.69 Å². The monoisotopic (exact) mass is 203 g/mol. The molecular formula is C13H19N2+. The molecule has 0 aliphatic carbocycles. The van der Waals surface area contributed by atoms with Crippen LogP contribution >= 0.6 is 0 Å². The fraction of sp³-hybridized carbons (Fsp3) is 0.538. The summed E-state index contributed by atoms with van der Waals surface area (Å²) >= 11 is 0. The summed E-state index contributed by atoms with van der Waals surface area (Å²) in [7, 11) is 2.04. The maximum atomic E-state index is 4.55. The number of hydrogen-bond acceptors (Lipinski definition) is 1. The van der Waals surface area contributed by atoms with E-state index in [1.165, 1.54) is 16.7 Å². The topological polar surface area (TPSA) is 15.4 Å². The third-order valence-electron chi connectivity index (χ3n) is 3.31. The van der Waals surface area contributed by atoms with Crippen LogP contribution in [0, 0.1) is 6.92 Å². The molecule has 0 aromatic heterocycles. The van der Waals surface area contributed by atoms with Gasteiger partial charge in [0.1, 0.15) is 5.69 Å². The molecule has 2 nitrogen and oxygen atoms in total. The van der Waals surface area contributed by atoms with Crippen LogP contribution in [0.1, 0.15) is 49.4 Å². The summed E-state index contributed by atoms with van der Waals surface area (Å²) in [4.78, 5) is 0. The number of nitrogens with zero attached hydrogens (tertiary/aromatic N) is 2. The third kappa shape index (κ3) is 1.58. The highest BCUT2D eigenvalue weighted by molar-refractivity contribution is 5.53. The van der Waals surface area contributed by atoms with Crippen LogP contribution in [0.3, 0.4) is 0 Å². The van der Waals surface area contributed by atoms with Crippen molar-refractivity contribution in [3.63, 3.8) is 0 Å². The number of hydrogen-bond donors (Lipinski definition) is 0. The van der Waals surface area contributed by atoms with E-state index < -0.39 is 0 Å². The van der Waals surface area contributed by atoms with Gasteiger partial charge in [-0.25, -0.2) is 0 Å². The van der Waals surface area contributed by atoms with Crippen molar-refractivity contribution in [1.29, 1.82) is 0 Å². The molecule has 1 aromatic carbocycles. The van der Waals surface area contributed by atoms with E-state index in [0.29, 0.717) is 12.0 Å². The van der Waals surface area contributed by atoms with Gasteiger partial charge in [0.05, 0.1) is 5.56 Å². The fourth-order valence-corrected chi connectivity index (χ4v) is 2.24. The predicted octanol–water partition coefficient (Wildman–Crippen LogP) is 3.92. The van der Waals surface area contributed by atoms with Crippen molar-refractivity contribution in [3.8, 4) is 0 Å². The molecule has 0 N–H and O–H groups in total. The Bertz CT molecular complexity index is 430. The zero-order valence-electron chi connectivity index (χ0n) is 10.2. The molecular weight excluding hydrogens is 184 g/mol. The zero-order valence-corrected chi connectivity index (χ0v) is 10.2. The van der Waals surface area contributed by atoms with Crippen LogP contribution in [0.15, 0.2) is 17.2 Å². The van der Waals surface area contributed by atoms with Crippen molar-refractivity contribution < 1.29 is 4.70 Å². The summed E-state index contributed by atoms with van der Waals surface area (Å²) in [5, 5.41) is 4.55. The average Bonchev–Trinajstić information content (AvgIpc) is 2.43. The van der Waals surface area contributed by atoms with E-state index in [2.05, 4.69) is 44.9 Å². The lowest BCUT2D eigenvalue weighted by atomic mass is 9.93. The lowest BCUT2D eigenvalue weighted by molar-refractivity contribution is -0.594. The Kier molecular flexibility index (Phi) is 2.37. The summed E-state index contributed by atoms with van der Waals surface area (Å²) in [5.74, 6) is 0.576. The second kappa shape index (κ2) is 3.44. The minimum absolute atomic E-state index is 0.417. The summed E-state index contributed by atoms with van der Waals surface area (Å²) in [6.45, 7) is 8.86. The first-order chi connectivity index (χ1) is 7.00. The van der Waals surface area contributed by atoms with E-state index in [0.717, 1.165) is 5.69 Å². The molecule has 0 saturated carbocycles. The molecule has 0 radical (unpaired) electrons. The minimum Gasteiger partial charge on any atom is -0.118 e. The van der Waals surface area contributed by atoms with Crippen molar-refractivity contribution in [1.82, 2.24) is 0 Å². The standard InChI is InChI=1S/C13H19N2/c1-8(2)11-7-13-12(6-9(11)3)10(4)15(5)14-13/h6-8,10H,1-5H3/q+1. The van der Waals surface area contributed by atoms with Gasteiger partial charge in [-0.2, -0.15) is 0 Å². The van der Waals surface area contributed by atoms with Crippen molar-refractivity contribution in [2.24, 2.45) is 5.11 Å².